The maximum Gasteiger partial charge on any atom is 0.256 e. The van der Waals surface area contributed by atoms with Gasteiger partial charge in [-0.05, 0) is 53.6 Å². The van der Waals surface area contributed by atoms with Gasteiger partial charge in [0.25, 0.3) is 5.91 Å². The minimum atomic E-state index is -0.238. The fraction of sp³-hybridized carbons (Fsp3) is 0.0357. The average molecular weight is 431 g/mol. The molecular weight excluding hydrogens is 410 g/mol. The fourth-order valence-corrected chi connectivity index (χ4v) is 3.93. The number of carbonyl (C=O) groups is 1. The van der Waals surface area contributed by atoms with Crippen LogP contribution in [0.25, 0.3) is 33.3 Å². The molecule has 160 valence electrons. The number of methoxy groups -OCH3 is 1. The number of amides is 1. The van der Waals surface area contributed by atoms with Gasteiger partial charge in [0.15, 0.2) is 0 Å². The Hall–Kier alpha value is -4.51. The molecule has 0 radical (unpaired) electrons. The summed E-state index contributed by atoms with van der Waals surface area (Å²) in [6, 6.07) is 28.9. The molecule has 0 aliphatic heterocycles. The van der Waals surface area contributed by atoms with Crippen LogP contribution in [0.3, 0.4) is 0 Å². The molecule has 0 aliphatic rings. The Balaban J connectivity index is 1.62. The van der Waals surface area contributed by atoms with Crippen molar-refractivity contribution in [3.63, 3.8) is 0 Å². The highest BCUT2D eigenvalue weighted by molar-refractivity contribution is 6.12. The van der Waals surface area contributed by atoms with Gasteiger partial charge in [0, 0.05) is 23.3 Å². The summed E-state index contributed by atoms with van der Waals surface area (Å²) in [5.74, 6) is 0.369. The van der Waals surface area contributed by atoms with E-state index in [1.165, 1.54) is 0 Å². The summed E-state index contributed by atoms with van der Waals surface area (Å²) < 4.78 is 5.43. The SMILES string of the molecule is COc1ccc(-c2ccccc2-c2ccccn2)c(C(=O)Nc2cccc3cccnc23)c1. The number of nitrogens with zero attached hydrogens (tertiary/aromatic N) is 2. The van der Waals surface area contributed by atoms with Gasteiger partial charge in [0.1, 0.15) is 5.75 Å². The van der Waals surface area contributed by atoms with Crippen LogP contribution >= 0.6 is 0 Å². The van der Waals surface area contributed by atoms with Crippen LogP contribution in [0, 0.1) is 0 Å². The van der Waals surface area contributed by atoms with Crippen LogP contribution in [0.4, 0.5) is 5.69 Å². The number of hydrogen-bond donors (Lipinski definition) is 1. The van der Waals surface area contributed by atoms with Crippen LogP contribution in [-0.2, 0) is 0 Å². The van der Waals surface area contributed by atoms with Gasteiger partial charge in [0.05, 0.1) is 29.6 Å². The smallest absolute Gasteiger partial charge is 0.256 e. The number of aromatic nitrogens is 2. The van der Waals surface area contributed by atoms with Gasteiger partial charge in [0.2, 0.25) is 0 Å². The highest BCUT2D eigenvalue weighted by Gasteiger charge is 2.18. The van der Waals surface area contributed by atoms with Gasteiger partial charge >= 0.3 is 0 Å². The largest absolute Gasteiger partial charge is 0.497 e. The number of pyridine rings is 2. The summed E-state index contributed by atoms with van der Waals surface area (Å²) in [5, 5.41) is 4.01. The van der Waals surface area contributed by atoms with Crippen LogP contribution in [0.1, 0.15) is 10.4 Å². The molecule has 5 heteroatoms. The number of anilines is 1. The molecule has 0 spiro atoms. The lowest BCUT2D eigenvalue weighted by Gasteiger charge is -2.15. The monoisotopic (exact) mass is 431 g/mol. The first-order valence-corrected chi connectivity index (χ1v) is 10.6. The standard InChI is InChI=1S/C28H21N3O2/c1-33-20-14-15-22(21-10-2-3-11-23(21)25-12-4-5-16-29-25)24(18-20)28(32)31-26-13-6-8-19-9-7-17-30-27(19)26/h2-18H,1H3,(H,31,32). The summed E-state index contributed by atoms with van der Waals surface area (Å²) in [4.78, 5) is 22.5. The van der Waals surface area contributed by atoms with Crippen LogP contribution in [0.15, 0.2) is 103 Å². The lowest BCUT2D eigenvalue weighted by molar-refractivity contribution is 0.102. The molecule has 5 nitrogen and oxygen atoms in total. The highest BCUT2D eigenvalue weighted by atomic mass is 16.5. The van der Waals surface area contributed by atoms with Crippen molar-refractivity contribution in [1.82, 2.24) is 9.97 Å². The third-order valence-corrected chi connectivity index (χ3v) is 5.51. The minimum absolute atomic E-state index is 0.238. The molecule has 0 aliphatic carbocycles. The molecule has 1 amide bonds. The van der Waals surface area contributed by atoms with Crippen molar-refractivity contribution in [2.45, 2.75) is 0 Å². The van der Waals surface area contributed by atoms with Crippen LogP contribution in [-0.4, -0.2) is 23.0 Å². The number of hydrogen-bond acceptors (Lipinski definition) is 4. The predicted molar refractivity (Wildman–Crippen MR) is 131 cm³/mol. The van der Waals surface area contributed by atoms with E-state index in [2.05, 4.69) is 15.3 Å². The van der Waals surface area contributed by atoms with Crippen LogP contribution in [0.5, 0.6) is 5.75 Å². The molecule has 1 N–H and O–H groups in total. The van der Waals surface area contributed by atoms with Crippen LogP contribution in [0.2, 0.25) is 0 Å². The van der Waals surface area contributed by atoms with Gasteiger partial charge in [-0.3, -0.25) is 14.8 Å². The molecule has 0 saturated heterocycles. The Morgan fingerprint density at radius 1 is 0.758 bits per heavy atom. The van der Waals surface area contributed by atoms with Crippen LogP contribution < -0.4 is 10.1 Å². The Labute approximate surface area is 191 Å². The first-order valence-electron chi connectivity index (χ1n) is 10.6. The van der Waals surface area contributed by atoms with E-state index < -0.39 is 0 Å². The topological polar surface area (TPSA) is 64.1 Å². The average Bonchev–Trinajstić information content (AvgIpc) is 2.89. The second kappa shape index (κ2) is 8.93. The van der Waals surface area contributed by atoms with Gasteiger partial charge in [-0.2, -0.15) is 0 Å². The lowest BCUT2D eigenvalue weighted by Crippen LogP contribution is -2.14. The molecule has 0 saturated carbocycles. The summed E-state index contributed by atoms with van der Waals surface area (Å²) in [5.41, 5.74) is 5.41. The van der Waals surface area contributed by atoms with Crippen molar-refractivity contribution in [3.8, 4) is 28.1 Å². The molecule has 0 fully saturated rings. The van der Waals surface area contributed by atoms with Gasteiger partial charge in [-0.1, -0.05) is 48.5 Å². The zero-order chi connectivity index (χ0) is 22.6. The molecule has 5 rings (SSSR count). The quantitative estimate of drug-likeness (QED) is 0.359. The maximum absolute atomic E-state index is 13.6. The summed E-state index contributed by atoms with van der Waals surface area (Å²) in [7, 11) is 1.59. The summed E-state index contributed by atoms with van der Waals surface area (Å²) in [6.07, 6.45) is 3.49. The zero-order valence-corrected chi connectivity index (χ0v) is 18.0. The van der Waals surface area contributed by atoms with Crippen molar-refractivity contribution in [3.05, 3.63) is 109 Å². The number of ether oxygens (including phenoxy) is 1. The second-order valence-corrected chi connectivity index (χ2v) is 7.51. The lowest BCUT2D eigenvalue weighted by atomic mass is 9.93. The number of carbonyl (C=O) groups excluding carboxylic acids is 1. The molecule has 5 aromatic rings. The van der Waals surface area contributed by atoms with E-state index in [1.54, 1.807) is 25.6 Å². The summed E-state index contributed by atoms with van der Waals surface area (Å²) in [6.45, 7) is 0. The maximum atomic E-state index is 13.6. The zero-order valence-electron chi connectivity index (χ0n) is 18.0. The number of fused-ring (bicyclic) bond motifs is 1. The number of nitrogens with one attached hydrogen (secondary N) is 1. The Morgan fingerprint density at radius 2 is 1.55 bits per heavy atom. The normalized spacial score (nSPS) is 10.7. The molecule has 33 heavy (non-hydrogen) atoms. The predicted octanol–water partition coefficient (Wildman–Crippen LogP) is 6.22. The number of para-hydroxylation sites is 1. The fourth-order valence-electron chi connectivity index (χ4n) is 3.93. The van der Waals surface area contributed by atoms with E-state index in [0.29, 0.717) is 17.0 Å². The molecule has 2 heterocycles. The minimum Gasteiger partial charge on any atom is -0.497 e. The Bertz CT molecular complexity index is 1440. The number of benzene rings is 3. The van der Waals surface area contributed by atoms with E-state index in [9.17, 15) is 4.79 Å². The summed E-state index contributed by atoms with van der Waals surface area (Å²) >= 11 is 0. The third kappa shape index (κ3) is 4.04. The van der Waals surface area contributed by atoms with Crippen molar-refractivity contribution in [2.75, 3.05) is 12.4 Å². The second-order valence-electron chi connectivity index (χ2n) is 7.51. The highest BCUT2D eigenvalue weighted by Crippen LogP contribution is 2.35. The van der Waals surface area contributed by atoms with E-state index >= 15 is 0 Å². The van der Waals surface area contributed by atoms with Crippen molar-refractivity contribution in [1.29, 1.82) is 0 Å². The molecule has 0 unspecified atom stereocenters. The third-order valence-electron chi connectivity index (χ3n) is 5.51. The number of rotatable bonds is 5. The van der Waals surface area contributed by atoms with E-state index in [-0.39, 0.29) is 5.91 Å². The van der Waals surface area contributed by atoms with E-state index in [1.807, 2.05) is 84.9 Å². The van der Waals surface area contributed by atoms with Crippen molar-refractivity contribution >= 4 is 22.5 Å². The van der Waals surface area contributed by atoms with Crippen molar-refractivity contribution < 1.29 is 9.53 Å². The Kier molecular flexibility index (Phi) is 5.52. The van der Waals surface area contributed by atoms with E-state index in [4.69, 9.17) is 4.74 Å². The Morgan fingerprint density at radius 3 is 2.36 bits per heavy atom. The first-order chi connectivity index (χ1) is 16.2. The van der Waals surface area contributed by atoms with Gasteiger partial charge in [-0.15, -0.1) is 0 Å². The molecule has 3 aromatic carbocycles. The van der Waals surface area contributed by atoms with Gasteiger partial charge < -0.3 is 10.1 Å². The molecule has 0 atom stereocenters. The van der Waals surface area contributed by atoms with Gasteiger partial charge in [-0.25, -0.2) is 0 Å². The van der Waals surface area contributed by atoms with Crippen molar-refractivity contribution in [2.24, 2.45) is 0 Å². The molecule has 0 bridgehead atoms. The molecule has 2 aromatic heterocycles. The first kappa shape index (κ1) is 20.4. The molecular formula is C28H21N3O2. The van der Waals surface area contributed by atoms with E-state index in [0.717, 1.165) is 33.3 Å².